The van der Waals surface area contributed by atoms with E-state index < -0.39 is 5.76 Å². The minimum atomic E-state index is -2.58. The van der Waals surface area contributed by atoms with Crippen LogP contribution in [0.3, 0.4) is 0 Å². The van der Waals surface area contributed by atoms with Gasteiger partial charge in [-0.15, -0.1) is 5.10 Å². The van der Waals surface area contributed by atoms with Crippen molar-refractivity contribution in [3.8, 4) is 11.4 Å². The third kappa shape index (κ3) is 5.17. The molecule has 0 atom stereocenters. The highest BCUT2D eigenvalue weighted by atomic mass is 32.2. The first-order valence-corrected chi connectivity index (χ1v) is 9.44. The van der Waals surface area contributed by atoms with Gasteiger partial charge >= 0.3 is 0 Å². The van der Waals surface area contributed by atoms with Gasteiger partial charge in [-0.05, 0) is 46.8 Å². The molecule has 0 aliphatic heterocycles. The Balaban J connectivity index is 1.64. The van der Waals surface area contributed by atoms with Gasteiger partial charge in [-0.2, -0.15) is 13.5 Å². The monoisotopic (exact) mass is 409 g/mol. The van der Waals surface area contributed by atoms with Crippen molar-refractivity contribution in [3.05, 3.63) is 48.5 Å². The number of amides is 1. The van der Waals surface area contributed by atoms with Crippen molar-refractivity contribution in [1.29, 1.82) is 0 Å². The van der Waals surface area contributed by atoms with Gasteiger partial charge in [0.1, 0.15) is 5.75 Å². The molecule has 1 amide bonds. The zero-order chi connectivity index (χ0) is 19.2. The minimum absolute atomic E-state index is 0.00780. The zero-order valence-corrected chi connectivity index (χ0v) is 15.3. The lowest BCUT2D eigenvalue weighted by molar-refractivity contribution is -0.113. The third-order valence-corrected chi connectivity index (χ3v) is 4.95. The molecule has 1 aromatic heterocycles. The van der Waals surface area contributed by atoms with Crippen LogP contribution in [0, 0.1) is 0 Å². The molecule has 0 saturated carbocycles. The molecule has 0 fully saturated rings. The number of aromatic nitrogens is 4. The number of halogens is 2. The van der Waals surface area contributed by atoms with E-state index in [-0.39, 0.29) is 17.4 Å². The number of nitrogens with zero attached hydrogens (tertiary/aromatic N) is 4. The van der Waals surface area contributed by atoms with Crippen LogP contribution in [0.1, 0.15) is 0 Å². The molecule has 0 spiro atoms. The fraction of sp³-hybridized carbons (Fsp3) is 0.125. The molecule has 0 aliphatic carbocycles. The summed E-state index contributed by atoms with van der Waals surface area (Å²) in [4.78, 5) is 12.5. The summed E-state index contributed by atoms with van der Waals surface area (Å²) in [6, 6.07) is 12.6. The molecule has 0 unspecified atom stereocenters. The highest BCUT2D eigenvalue weighted by molar-refractivity contribution is 8.00. The maximum Gasteiger partial charge on any atom is 0.288 e. The lowest BCUT2D eigenvalue weighted by Gasteiger charge is -2.10. The highest BCUT2D eigenvalue weighted by Crippen LogP contribution is 2.31. The average Bonchev–Trinajstić information content (AvgIpc) is 3.10. The fourth-order valence-electron chi connectivity index (χ4n) is 2.11. The van der Waals surface area contributed by atoms with E-state index in [0.29, 0.717) is 33.2 Å². The Morgan fingerprint density at radius 1 is 1.19 bits per heavy atom. The van der Waals surface area contributed by atoms with E-state index in [1.807, 2.05) is 0 Å². The Morgan fingerprint density at radius 3 is 2.67 bits per heavy atom. The van der Waals surface area contributed by atoms with Gasteiger partial charge in [-0.1, -0.05) is 35.7 Å². The van der Waals surface area contributed by atoms with E-state index in [9.17, 15) is 18.7 Å². The summed E-state index contributed by atoms with van der Waals surface area (Å²) in [6.07, 6.45) is 0. The SMILES string of the molecule is O=C(CSc1nnnn1-c1ccc(O)cc1)Nc1ccccc1SC(F)F. The number of rotatable bonds is 7. The molecule has 0 saturated heterocycles. The molecule has 0 aliphatic rings. The molecule has 27 heavy (non-hydrogen) atoms. The number of anilines is 1. The summed E-state index contributed by atoms with van der Waals surface area (Å²) in [5, 5.41) is 23.7. The van der Waals surface area contributed by atoms with Crippen molar-refractivity contribution in [3.63, 3.8) is 0 Å². The molecule has 1 heterocycles. The number of carbonyl (C=O) groups excluding carboxylic acids is 1. The molecule has 11 heteroatoms. The number of phenols is 1. The lowest BCUT2D eigenvalue weighted by Crippen LogP contribution is -2.15. The number of carbonyl (C=O) groups is 1. The summed E-state index contributed by atoms with van der Waals surface area (Å²) in [5.74, 6) is -2.85. The highest BCUT2D eigenvalue weighted by Gasteiger charge is 2.14. The van der Waals surface area contributed by atoms with Crippen molar-refractivity contribution in [2.24, 2.45) is 0 Å². The lowest BCUT2D eigenvalue weighted by atomic mass is 10.3. The van der Waals surface area contributed by atoms with Crippen LogP contribution >= 0.6 is 23.5 Å². The number of alkyl halides is 2. The number of aromatic hydroxyl groups is 1. The molecule has 0 bridgehead atoms. The third-order valence-electron chi connectivity index (χ3n) is 3.24. The molecule has 140 valence electrons. The maximum absolute atomic E-state index is 12.6. The minimum Gasteiger partial charge on any atom is -0.508 e. The topological polar surface area (TPSA) is 92.9 Å². The molecule has 2 aromatic carbocycles. The van der Waals surface area contributed by atoms with Gasteiger partial charge in [0.15, 0.2) is 0 Å². The summed E-state index contributed by atoms with van der Waals surface area (Å²) >= 11 is 1.47. The first-order valence-electron chi connectivity index (χ1n) is 7.57. The fourth-order valence-corrected chi connectivity index (χ4v) is 3.40. The van der Waals surface area contributed by atoms with Gasteiger partial charge < -0.3 is 10.4 Å². The van der Waals surface area contributed by atoms with Crippen LogP contribution in [0.5, 0.6) is 5.75 Å². The van der Waals surface area contributed by atoms with Crippen LogP contribution in [-0.4, -0.2) is 42.7 Å². The van der Waals surface area contributed by atoms with E-state index >= 15 is 0 Å². The van der Waals surface area contributed by atoms with Crippen LogP contribution in [0.15, 0.2) is 58.6 Å². The first-order chi connectivity index (χ1) is 13.0. The number of thioether (sulfide) groups is 2. The average molecular weight is 409 g/mol. The largest absolute Gasteiger partial charge is 0.508 e. The van der Waals surface area contributed by atoms with Gasteiger partial charge in [-0.3, -0.25) is 4.79 Å². The summed E-state index contributed by atoms with van der Waals surface area (Å²) < 4.78 is 26.6. The van der Waals surface area contributed by atoms with Crippen LogP contribution < -0.4 is 5.32 Å². The van der Waals surface area contributed by atoms with Gasteiger partial charge in [0.25, 0.3) is 5.76 Å². The molecular weight excluding hydrogens is 396 g/mol. The Morgan fingerprint density at radius 2 is 1.93 bits per heavy atom. The van der Waals surface area contributed by atoms with Crippen LogP contribution in [0.4, 0.5) is 14.5 Å². The molecular formula is C16H13F2N5O2S2. The van der Waals surface area contributed by atoms with E-state index in [1.165, 1.54) is 22.9 Å². The smallest absolute Gasteiger partial charge is 0.288 e. The Labute approximate surface area is 161 Å². The van der Waals surface area contributed by atoms with Crippen molar-refractivity contribution in [1.82, 2.24) is 20.2 Å². The Kier molecular flexibility index (Phi) is 6.24. The standard InChI is InChI=1S/C16H13F2N5O2S2/c17-15(18)27-13-4-2-1-3-12(13)19-14(25)9-26-16-20-21-22-23(16)10-5-7-11(24)8-6-10/h1-8,15,24H,9H2,(H,19,25). The van der Waals surface area contributed by atoms with Crippen molar-refractivity contribution < 1.29 is 18.7 Å². The number of hydrogen-bond donors (Lipinski definition) is 2. The summed E-state index contributed by atoms with van der Waals surface area (Å²) in [5.41, 5.74) is 0.950. The normalized spacial score (nSPS) is 10.9. The second-order valence-electron chi connectivity index (χ2n) is 5.10. The first kappa shape index (κ1) is 19.1. The maximum atomic E-state index is 12.6. The van der Waals surface area contributed by atoms with E-state index in [2.05, 4.69) is 20.8 Å². The number of nitrogens with one attached hydrogen (secondary N) is 1. The number of benzene rings is 2. The van der Waals surface area contributed by atoms with Crippen LogP contribution in [-0.2, 0) is 4.79 Å². The number of phenolic OH excluding ortho intramolecular Hbond substituents is 1. The van der Waals surface area contributed by atoms with Crippen LogP contribution in [0.25, 0.3) is 5.69 Å². The van der Waals surface area contributed by atoms with Gasteiger partial charge in [0.05, 0.1) is 17.1 Å². The second kappa shape index (κ2) is 8.82. The number of hydrogen-bond acceptors (Lipinski definition) is 7. The Bertz CT molecular complexity index is 921. The van der Waals surface area contributed by atoms with Crippen LogP contribution in [0.2, 0.25) is 0 Å². The van der Waals surface area contributed by atoms with Crippen molar-refractivity contribution >= 4 is 35.1 Å². The second-order valence-corrected chi connectivity index (χ2v) is 7.08. The van der Waals surface area contributed by atoms with Gasteiger partial charge in [-0.25, -0.2) is 0 Å². The predicted octanol–water partition coefficient (Wildman–Crippen LogP) is 3.41. The van der Waals surface area contributed by atoms with E-state index in [1.54, 1.807) is 30.3 Å². The molecule has 7 nitrogen and oxygen atoms in total. The molecule has 2 N–H and O–H groups in total. The van der Waals surface area contributed by atoms with Crippen molar-refractivity contribution in [2.45, 2.75) is 15.8 Å². The summed E-state index contributed by atoms with van der Waals surface area (Å²) in [7, 11) is 0. The summed E-state index contributed by atoms with van der Waals surface area (Å²) in [6.45, 7) is 0. The zero-order valence-electron chi connectivity index (χ0n) is 13.6. The molecule has 3 rings (SSSR count). The molecule has 3 aromatic rings. The quantitative estimate of drug-likeness (QED) is 0.578. The van der Waals surface area contributed by atoms with Gasteiger partial charge in [0.2, 0.25) is 11.1 Å². The van der Waals surface area contributed by atoms with E-state index in [0.717, 1.165) is 11.8 Å². The van der Waals surface area contributed by atoms with E-state index in [4.69, 9.17) is 0 Å². The van der Waals surface area contributed by atoms with Crippen molar-refractivity contribution in [2.75, 3.05) is 11.1 Å². The number of tetrazole rings is 1. The van der Waals surface area contributed by atoms with Gasteiger partial charge in [0, 0.05) is 4.90 Å². The number of para-hydroxylation sites is 1. The predicted molar refractivity (Wildman–Crippen MR) is 98.5 cm³/mol. The molecule has 0 radical (unpaired) electrons. The Hall–Kier alpha value is -2.66.